The molecular formula is C21H26ClN3O3S. The number of carbonyl (C=O) groups excluding carboxylic acids is 1. The number of sulfonamides is 1. The Labute approximate surface area is 177 Å². The van der Waals surface area contributed by atoms with E-state index in [0.29, 0.717) is 23.1 Å². The fraction of sp³-hybridized carbons (Fsp3) is 0.381. The van der Waals surface area contributed by atoms with Gasteiger partial charge in [-0.15, -0.1) is 12.4 Å². The summed E-state index contributed by atoms with van der Waals surface area (Å²) in [6, 6.07) is 15.2. The third kappa shape index (κ3) is 4.42. The standard InChI is InChI=1S/C21H25N3O3S.ClH/c22-20-15-11-10-14(12-15)19(20)21(25)23-13-16-6-4-5-9-18(16)24-28(26,27)17-7-2-1-3-8-17;/h1-9,14-15,19-20,24H,10-13,22H2,(H,23,25);1H. The maximum atomic E-state index is 12.7. The zero-order chi connectivity index (χ0) is 19.7. The Kier molecular flexibility index (Phi) is 6.51. The predicted octanol–water partition coefficient (Wildman–Crippen LogP) is 2.90. The zero-order valence-electron chi connectivity index (χ0n) is 16.0. The molecule has 2 fully saturated rings. The molecule has 0 aromatic heterocycles. The SMILES string of the molecule is Cl.NC1C2CCC(C2)C1C(=O)NCc1ccccc1NS(=O)(=O)c1ccccc1. The van der Waals surface area contributed by atoms with E-state index in [2.05, 4.69) is 10.0 Å². The van der Waals surface area contributed by atoms with Crippen molar-refractivity contribution in [3.05, 3.63) is 60.2 Å². The first kappa shape index (κ1) is 21.6. The third-order valence-electron chi connectivity index (χ3n) is 6.05. The van der Waals surface area contributed by atoms with Crippen LogP contribution in [0.25, 0.3) is 0 Å². The molecule has 0 heterocycles. The Bertz CT molecular complexity index is 966. The van der Waals surface area contributed by atoms with Crippen molar-refractivity contribution in [2.45, 2.75) is 36.7 Å². The van der Waals surface area contributed by atoms with Gasteiger partial charge in [0.15, 0.2) is 0 Å². The average Bonchev–Trinajstić information content (AvgIpc) is 3.29. The van der Waals surface area contributed by atoms with Crippen molar-refractivity contribution in [2.75, 3.05) is 4.72 Å². The van der Waals surface area contributed by atoms with Crippen LogP contribution in [0.15, 0.2) is 59.5 Å². The van der Waals surface area contributed by atoms with Crippen LogP contribution in [0, 0.1) is 17.8 Å². The molecule has 0 radical (unpaired) electrons. The van der Waals surface area contributed by atoms with Crippen molar-refractivity contribution in [3.63, 3.8) is 0 Å². The van der Waals surface area contributed by atoms with Crippen LogP contribution in [0.3, 0.4) is 0 Å². The number of carbonyl (C=O) groups is 1. The predicted molar refractivity (Wildman–Crippen MR) is 115 cm³/mol. The fourth-order valence-corrected chi connectivity index (χ4v) is 5.72. The molecule has 2 aromatic rings. The molecular weight excluding hydrogens is 410 g/mol. The van der Waals surface area contributed by atoms with Gasteiger partial charge in [-0.25, -0.2) is 8.42 Å². The van der Waals surface area contributed by atoms with Crippen LogP contribution in [-0.4, -0.2) is 20.4 Å². The number of hydrogen-bond acceptors (Lipinski definition) is 4. The van der Waals surface area contributed by atoms with Crippen LogP contribution in [0.2, 0.25) is 0 Å². The first-order valence-electron chi connectivity index (χ1n) is 9.65. The summed E-state index contributed by atoms with van der Waals surface area (Å²) in [5, 5.41) is 2.97. The Morgan fingerprint density at radius 3 is 2.34 bits per heavy atom. The third-order valence-corrected chi connectivity index (χ3v) is 7.43. The van der Waals surface area contributed by atoms with Crippen LogP contribution in [-0.2, 0) is 21.4 Å². The van der Waals surface area contributed by atoms with Gasteiger partial charge in [0, 0.05) is 12.6 Å². The van der Waals surface area contributed by atoms with Gasteiger partial charge in [0.1, 0.15) is 0 Å². The van der Waals surface area contributed by atoms with Gasteiger partial charge in [0.2, 0.25) is 5.91 Å². The van der Waals surface area contributed by atoms with Crippen molar-refractivity contribution < 1.29 is 13.2 Å². The second kappa shape index (κ2) is 8.73. The Morgan fingerprint density at radius 1 is 1.00 bits per heavy atom. The van der Waals surface area contributed by atoms with Crippen LogP contribution in [0.1, 0.15) is 24.8 Å². The molecule has 0 saturated heterocycles. The molecule has 4 unspecified atom stereocenters. The molecule has 1 amide bonds. The lowest BCUT2D eigenvalue weighted by molar-refractivity contribution is -0.127. The quantitative estimate of drug-likeness (QED) is 0.649. The molecule has 8 heteroatoms. The van der Waals surface area contributed by atoms with Gasteiger partial charge in [-0.2, -0.15) is 0 Å². The van der Waals surface area contributed by atoms with Crippen LogP contribution >= 0.6 is 12.4 Å². The highest BCUT2D eigenvalue weighted by Crippen LogP contribution is 2.47. The first-order chi connectivity index (χ1) is 13.5. The number of halogens is 1. The molecule has 2 aromatic carbocycles. The first-order valence-corrected chi connectivity index (χ1v) is 11.1. The Morgan fingerprint density at radius 2 is 1.66 bits per heavy atom. The van der Waals surface area contributed by atoms with Crippen LogP contribution in [0.4, 0.5) is 5.69 Å². The van der Waals surface area contributed by atoms with Crippen LogP contribution in [0.5, 0.6) is 0 Å². The van der Waals surface area contributed by atoms with E-state index < -0.39 is 10.0 Å². The lowest BCUT2D eigenvalue weighted by Gasteiger charge is -2.27. The highest BCUT2D eigenvalue weighted by atomic mass is 35.5. The number of benzene rings is 2. The minimum Gasteiger partial charge on any atom is -0.352 e. The largest absolute Gasteiger partial charge is 0.352 e. The second-order valence-electron chi connectivity index (χ2n) is 7.73. The summed E-state index contributed by atoms with van der Waals surface area (Å²) < 4.78 is 27.9. The maximum absolute atomic E-state index is 12.7. The number of fused-ring (bicyclic) bond motifs is 2. The van der Waals surface area contributed by atoms with E-state index >= 15 is 0 Å². The molecule has 29 heavy (non-hydrogen) atoms. The van der Waals surface area contributed by atoms with E-state index in [0.717, 1.165) is 19.3 Å². The summed E-state index contributed by atoms with van der Waals surface area (Å²) >= 11 is 0. The van der Waals surface area contributed by atoms with E-state index in [4.69, 9.17) is 5.73 Å². The molecule has 2 bridgehead atoms. The monoisotopic (exact) mass is 435 g/mol. The van der Waals surface area contributed by atoms with Gasteiger partial charge < -0.3 is 11.1 Å². The van der Waals surface area contributed by atoms with Crippen molar-refractivity contribution >= 4 is 34.0 Å². The normalized spacial score (nSPS) is 25.3. The number of rotatable bonds is 6. The minimum absolute atomic E-state index is 0. The summed E-state index contributed by atoms with van der Waals surface area (Å²) in [4.78, 5) is 12.9. The minimum atomic E-state index is -3.69. The number of anilines is 1. The summed E-state index contributed by atoms with van der Waals surface area (Å²) in [5.41, 5.74) is 7.44. The summed E-state index contributed by atoms with van der Waals surface area (Å²) in [6.07, 6.45) is 3.25. The van der Waals surface area contributed by atoms with Gasteiger partial charge in [0.05, 0.1) is 16.5 Å². The fourth-order valence-electron chi connectivity index (χ4n) is 4.60. The number of para-hydroxylation sites is 1. The highest BCUT2D eigenvalue weighted by Gasteiger charge is 2.48. The summed E-state index contributed by atoms with van der Waals surface area (Å²) in [5.74, 6) is 0.685. The van der Waals surface area contributed by atoms with Crippen molar-refractivity contribution in [1.82, 2.24) is 5.32 Å². The van der Waals surface area contributed by atoms with Gasteiger partial charge in [0.25, 0.3) is 10.0 Å². The summed E-state index contributed by atoms with van der Waals surface area (Å²) in [6.45, 7) is 0.257. The topological polar surface area (TPSA) is 101 Å². The van der Waals surface area contributed by atoms with Crippen molar-refractivity contribution in [1.29, 1.82) is 0 Å². The lowest BCUT2D eigenvalue weighted by atomic mass is 9.84. The molecule has 0 aliphatic heterocycles. The average molecular weight is 436 g/mol. The van der Waals surface area contributed by atoms with Crippen molar-refractivity contribution in [2.24, 2.45) is 23.5 Å². The van der Waals surface area contributed by atoms with E-state index in [-0.39, 0.29) is 41.7 Å². The molecule has 2 aliphatic carbocycles. The molecule has 4 rings (SSSR count). The Hall–Kier alpha value is -2.09. The second-order valence-corrected chi connectivity index (χ2v) is 9.41. The maximum Gasteiger partial charge on any atom is 0.261 e. The molecule has 6 nitrogen and oxygen atoms in total. The molecule has 4 atom stereocenters. The number of nitrogens with one attached hydrogen (secondary N) is 2. The highest BCUT2D eigenvalue weighted by molar-refractivity contribution is 7.92. The van der Waals surface area contributed by atoms with Gasteiger partial charge in [-0.1, -0.05) is 36.4 Å². The molecule has 4 N–H and O–H groups in total. The van der Waals surface area contributed by atoms with Gasteiger partial charge >= 0.3 is 0 Å². The molecule has 0 spiro atoms. The van der Waals surface area contributed by atoms with E-state index in [9.17, 15) is 13.2 Å². The van der Waals surface area contributed by atoms with E-state index in [1.807, 2.05) is 12.1 Å². The van der Waals surface area contributed by atoms with E-state index in [1.165, 1.54) is 0 Å². The number of nitrogens with two attached hydrogens (primary N) is 1. The van der Waals surface area contributed by atoms with Gasteiger partial charge in [-0.3, -0.25) is 9.52 Å². The lowest BCUT2D eigenvalue weighted by Crippen LogP contribution is -2.45. The van der Waals surface area contributed by atoms with Crippen molar-refractivity contribution in [3.8, 4) is 0 Å². The molecule has 2 aliphatic rings. The molecule has 2 saturated carbocycles. The smallest absolute Gasteiger partial charge is 0.261 e. The van der Waals surface area contributed by atoms with E-state index in [1.54, 1.807) is 42.5 Å². The molecule has 156 valence electrons. The number of hydrogen-bond donors (Lipinski definition) is 3. The number of amides is 1. The van der Waals surface area contributed by atoms with Crippen LogP contribution < -0.4 is 15.8 Å². The Balaban J connectivity index is 0.00000240. The summed E-state index contributed by atoms with van der Waals surface area (Å²) in [7, 11) is -3.69. The van der Waals surface area contributed by atoms with Gasteiger partial charge in [-0.05, 0) is 54.9 Å². The zero-order valence-corrected chi connectivity index (χ0v) is 17.6.